The van der Waals surface area contributed by atoms with Crippen molar-refractivity contribution in [1.82, 2.24) is 0 Å². The van der Waals surface area contributed by atoms with Crippen molar-refractivity contribution in [3.05, 3.63) is 95.1 Å². The fourth-order valence-electron chi connectivity index (χ4n) is 6.10. The largest absolute Gasteiger partial charge is 2.00 e. The molecule has 16 nitrogen and oxygen atoms in total. The van der Waals surface area contributed by atoms with Gasteiger partial charge < -0.3 is 62.8 Å². The van der Waals surface area contributed by atoms with E-state index in [-0.39, 0.29) is 125 Å². The first-order valence-corrected chi connectivity index (χ1v) is 17.2. The van der Waals surface area contributed by atoms with Crippen LogP contribution < -0.4 is 20.4 Å². The maximum absolute atomic E-state index is 11.8. The van der Waals surface area contributed by atoms with E-state index in [4.69, 9.17) is 0 Å². The molecule has 2 aliphatic rings. The molecule has 0 saturated heterocycles. The molecule has 12 N–H and O–H groups in total. The molecule has 2 fully saturated rings. The van der Waals surface area contributed by atoms with Crippen molar-refractivity contribution in [2.45, 2.75) is 75.5 Å². The molecule has 4 aromatic rings. The van der Waals surface area contributed by atoms with Crippen molar-refractivity contribution in [3.8, 4) is 46.0 Å². The maximum atomic E-state index is 11.8. The summed E-state index contributed by atoms with van der Waals surface area (Å²) in [5.74, 6) is -1.34. The van der Waals surface area contributed by atoms with Gasteiger partial charge in [-0.2, -0.15) is 0 Å². The van der Waals surface area contributed by atoms with Crippen LogP contribution in [0, 0.1) is 0 Å². The summed E-state index contributed by atoms with van der Waals surface area (Å²) in [6.07, 6.45) is 13.8. The van der Waals surface area contributed by atoms with Crippen LogP contribution in [0.25, 0.3) is 0 Å². The molecule has 0 radical (unpaired) electrons. The Morgan fingerprint density at radius 3 is 0.741 bits per heavy atom. The molecule has 0 heterocycles. The molecule has 2 aliphatic carbocycles. The molecule has 2 saturated carbocycles. The molecule has 320 valence electrons. The van der Waals surface area contributed by atoms with Crippen LogP contribution in [0.4, 0.5) is 0 Å². The number of aromatic hydroxyl groups is 4. The Labute approximate surface area is 355 Å². The number of phenols is 4. The van der Waals surface area contributed by atoms with Gasteiger partial charge in [0.05, 0.1) is 24.2 Å². The third-order valence-electron chi connectivity index (χ3n) is 9.00. The number of benzene rings is 4. The van der Waals surface area contributed by atoms with Crippen molar-refractivity contribution in [1.29, 1.82) is 0 Å². The summed E-state index contributed by atoms with van der Waals surface area (Å²) in [7, 11) is 0. The van der Waals surface area contributed by atoms with Crippen LogP contribution in [0.3, 0.4) is 0 Å². The average Bonchev–Trinajstić information content (AvgIpc) is 3.11. The zero-order valence-electron chi connectivity index (χ0n) is 31.0. The normalized spacial score (nSPS) is 18.6. The van der Waals surface area contributed by atoms with E-state index in [1.54, 1.807) is 49.1 Å². The second kappa shape index (κ2) is 26.7. The van der Waals surface area contributed by atoms with E-state index in [9.17, 15) is 40.9 Å². The van der Waals surface area contributed by atoms with Gasteiger partial charge in [-0.1, -0.05) is 72.9 Å². The molecule has 0 bridgehead atoms. The van der Waals surface area contributed by atoms with Crippen LogP contribution in [0.1, 0.15) is 73.6 Å². The van der Waals surface area contributed by atoms with Gasteiger partial charge in [0, 0.05) is 24.9 Å². The van der Waals surface area contributed by atoms with Gasteiger partial charge in [-0.3, -0.25) is 20.0 Å². The quantitative estimate of drug-likeness (QED) is 0.145. The van der Waals surface area contributed by atoms with Gasteiger partial charge in [0.2, 0.25) is 0 Å². The molecular formula is C40H48N4Ni2O12. The van der Waals surface area contributed by atoms with E-state index < -0.39 is 0 Å². The SMILES string of the molecule is O.O.O.O.[Ni+2].[Ni+2].[O-]c1cc(O)ccc1C=N[C@H]1CCCC[C@@H]1N=Cc1ccc(O)cc1[O-].[O-]c1cc(O)ccc1C=N[C@H]1CCCC[C@@H]1N=Cc1ccc(O)cc1[O-]. The summed E-state index contributed by atoms with van der Waals surface area (Å²) >= 11 is 0. The molecule has 0 amide bonds. The summed E-state index contributed by atoms with van der Waals surface area (Å²) in [4.78, 5) is 18.1. The van der Waals surface area contributed by atoms with Gasteiger partial charge in [0.1, 0.15) is 23.0 Å². The topological polar surface area (TPSA) is 349 Å². The van der Waals surface area contributed by atoms with Crippen LogP contribution in [0.5, 0.6) is 46.0 Å². The summed E-state index contributed by atoms with van der Waals surface area (Å²) in [5.41, 5.74) is 1.71. The molecule has 4 aromatic carbocycles. The fourth-order valence-corrected chi connectivity index (χ4v) is 6.10. The van der Waals surface area contributed by atoms with Crippen LogP contribution in [-0.2, 0) is 33.0 Å². The molecule has 0 aliphatic heterocycles. The Hall–Kier alpha value is -5.21. The Morgan fingerprint density at radius 2 is 0.569 bits per heavy atom. The third kappa shape index (κ3) is 16.0. The van der Waals surface area contributed by atoms with E-state index in [1.807, 2.05) is 0 Å². The molecule has 4 atom stereocenters. The summed E-state index contributed by atoms with van der Waals surface area (Å²) < 4.78 is 0. The van der Waals surface area contributed by atoms with Crippen molar-refractivity contribution in [2.75, 3.05) is 0 Å². The van der Waals surface area contributed by atoms with E-state index in [0.29, 0.717) is 22.3 Å². The van der Waals surface area contributed by atoms with E-state index in [1.165, 1.54) is 48.5 Å². The number of nitrogens with zero attached hydrogens (tertiary/aromatic N) is 4. The summed E-state index contributed by atoms with van der Waals surface area (Å²) in [6, 6.07) is 16.4. The first-order chi connectivity index (χ1) is 25.0. The summed E-state index contributed by atoms with van der Waals surface area (Å²) in [6.45, 7) is 0. The number of hydrogen-bond acceptors (Lipinski definition) is 12. The van der Waals surface area contributed by atoms with Gasteiger partial charge in [0.25, 0.3) is 0 Å². The molecule has 18 heteroatoms. The first-order valence-electron chi connectivity index (χ1n) is 17.2. The minimum Gasteiger partial charge on any atom is -0.872 e. The average molecular weight is 894 g/mol. The number of rotatable bonds is 8. The second-order valence-electron chi connectivity index (χ2n) is 12.8. The Balaban J connectivity index is 0. The van der Waals surface area contributed by atoms with Gasteiger partial charge in [-0.15, -0.1) is 0 Å². The van der Waals surface area contributed by atoms with E-state index in [2.05, 4.69) is 20.0 Å². The Bertz CT molecular complexity index is 1690. The van der Waals surface area contributed by atoms with Crippen molar-refractivity contribution < 1.29 is 95.7 Å². The smallest absolute Gasteiger partial charge is 0.872 e. The van der Waals surface area contributed by atoms with Crippen LogP contribution in [-0.4, -0.2) is 91.4 Å². The minimum absolute atomic E-state index is 0. The predicted molar refractivity (Wildman–Crippen MR) is 207 cm³/mol. The second-order valence-corrected chi connectivity index (χ2v) is 12.8. The standard InChI is InChI=1S/2C20H22N2O4.2Ni.4H2O/c2*23-15-7-5-13(19(25)9-15)11-21-17-3-1-2-4-18(17)22-12-14-6-8-16(24)10-20(14)26;;;;;;/h2*5-12,17-18,23-26H,1-4H2;;;4*1H2/q;;2*+2;;;;/p-4/t2*17-,18-;;;;;;/m00....../s1. The van der Waals surface area contributed by atoms with Gasteiger partial charge in [-0.25, -0.2) is 0 Å². The van der Waals surface area contributed by atoms with Crippen LogP contribution >= 0.6 is 0 Å². The van der Waals surface area contributed by atoms with E-state index in [0.717, 1.165) is 51.4 Å². The van der Waals surface area contributed by atoms with E-state index >= 15 is 0 Å². The minimum atomic E-state index is -0.273. The molecular weight excluding hydrogens is 846 g/mol. The van der Waals surface area contributed by atoms with Gasteiger partial charge >= 0.3 is 33.0 Å². The molecule has 58 heavy (non-hydrogen) atoms. The summed E-state index contributed by atoms with van der Waals surface area (Å²) in [5, 5.41) is 84.6. The molecule has 6 rings (SSSR count). The molecule has 0 aromatic heterocycles. The number of phenolic OH excluding ortho intramolecular Hbond substituents is 4. The molecule has 0 unspecified atom stereocenters. The Kier molecular flexibility index (Phi) is 25.2. The molecule has 0 spiro atoms. The third-order valence-corrected chi connectivity index (χ3v) is 9.00. The van der Waals surface area contributed by atoms with Gasteiger partial charge in [0.15, 0.2) is 0 Å². The predicted octanol–water partition coefficient (Wildman–Crippen LogP) is 0.885. The zero-order valence-corrected chi connectivity index (χ0v) is 33.0. The maximum Gasteiger partial charge on any atom is 2.00 e. The van der Waals surface area contributed by atoms with Crippen molar-refractivity contribution >= 4 is 24.9 Å². The monoisotopic (exact) mass is 892 g/mol. The Morgan fingerprint density at radius 1 is 0.379 bits per heavy atom. The van der Waals surface area contributed by atoms with Crippen LogP contribution in [0.2, 0.25) is 0 Å². The van der Waals surface area contributed by atoms with Gasteiger partial charge in [-0.05, 0) is 96.5 Å². The number of hydrogen-bond donors (Lipinski definition) is 4. The fraction of sp³-hybridized carbons (Fsp3) is 0.300. The van der Waals surface area contributed by atoms with Crippen molar-refractivity contribution in [3.63, 3.8) is 0 Å². The first kappa shape index (κ1) is 54.9. The van der Waals surface area contributed by atoms with Crippen molar-refractivity contribution in [2.24, 2.45) is 20.0 Å². The van der Waals surface area contributed by atoms with Crippen LogP contribution in [0.15, 0.2) is 92.8 Å². The zero-order chi connectivity index (χ0) is 37.0. The number of aliphatic imine (C=N–C) groups is 4.